The minimum atomic E-state index is -3.87. The van der Waals surface area contributed by atoms with Crippen LogP contribution < -0.4 is 10.0 Å². The van der Waals surface area contributed by atoms with Crippen LogP contribution in [-0.4, -0.2) is 54.7 Å². The van der Waals surface area contributed by atoms with E-state index >= 15 is 0 Å². The number of rotatable bonds is 8. The fourth-order valence-electron chi connectivity index (χ4n) is 3.47. The van der Waals surface area contributed by atoms with Gasteiger partial charge < -0.3 is 10.0 Å². The number of aliphatic carboxylic acids is 1. The first-order chi connectivity index (χ1) is 16.0. The topological polar surface area (TPSA) is 155 Å². The number of sulfonamides is 1. The number of carboxylic acid groups (broad SMARTS) is 1. The molecule has 1 saturated heterocycles. The highest BCUT2D eigenvalue weighted by atomic mass is 35.5. The third kappa shape index (κ3) is 5.87. The van der Waals surface area contributed by atoms with Crippen LogP contribution in [0.15, 0.2) is 65.6 Å². The number of nitrogens with zero attached hydrogens (tertiary/aromatic N) is 2. The Hall–Kier alpha value is -3.54. The van der Waals surface area contributed by atoms with Crippen molar-refractivity contribution in [3.8, 4) is 0 Å². The summed E-state index contributed by atoms with van der Waals surface area (Å²) >= 11 is 5.87. The van der Waals surface area contributed by atoms with Crippen molar-refractivity contribution in [1.82, 2.24) is 4.90 Å². The fraction of sp³-hybridized carbons (Fsp3) is 0.182. The number of benzene rings is 2. The quantitative estimate of drug-likeness (QED) is 0.405. The number of primary sulfonamides is 1. The number of imide groups is 1. The third-order valence-corrected chi connectivity index (χ3v) is 6.31. The van der Waals surface area contributed by atoms with Crippen molar-refractivity contribution in [2.75, 3.05) is 11.4 Å². The molecule has 12 heteroatoms. The van der Waals surface area contributed by atoms with Crippen LogP contribution in [0.4, 0.5) is 5.69 Å². The van der Waals surface area contributed by atoms with Crippen molar-refractivity contribution in [3.63, 3.8) is 0 Å². The number of carboxylic acids is 1. The second kappa shape index (κ2) is 10.2. The lowest BCUT2D eigenvalue weighted by molar-refractivity contribution is -0.135. The summed E-state index contributed by atoms with van der Waals surface area (Å²) in [5.74, 6) is -3.25. The van der Waals surface area contributed by atoms with Gasteiger partial charge in [0.1, 0.15) is 6.04 Å². The third-order valence-electron chi connectivity index (χ3n) is 5.13. The molecular formula is C22H20ClN3O7S. The maximum atomic E-state index is 13.1. The van der Waals surface area contributed by atoms with Gasteiger partial charge in [0.2, 0.25) is 21.8 Å². The van der Waals surface area contributed by atoms with Gasteiger partial charge in [0, 0.05) is 23.7 Å². The van der Waals surface area contributed by atoms with Crippen molar-refractivity contribution in [3.05, 3.63) is 71.3 Å². The van der Waals surface area contributed by atoms with Crippen LogP contribution in [0.3, 0.4) is 0 Å². The molecular weight excluding hydrogens is 486 g/mol. The lowest BCUT2D eigenvalue weighted by atomic mass is 10.1. The number of nitrogens with two attached hydrogens (primary N) is 1. The molecule has 3 amide bonds. The molecule has 0 aromatic heterocycles. The van der Waals surface area contributed by atoms with Crippen LogP contribution in [0.1, 0.15) is 12.0 Å². The maximum Gasteiger partial charge on any atom is 0.328 e. The van der Waals surface area contributed by atoms with Gasteiger partial charge in [-0.25, -0.2) is 23.3 Å². The Morgan fingerprint density at radius 1 is 1.09 bits per heavy atom. The number of hydrogen-bond donors (Lipinski definition) is 2. The zero-order valence-electron chi connectivity index (χ0n) is 17.6. The van der Waals surface area contributed by atoms with E-state index in [-0.39, 0.29) is 24.3 Å². The molecule has 0 radical (unpaired) electrons. The predicted octanol–water partition coefficient (Wildman–Crippen LogP) is 1.33. The summed E-state index contributed by atoms with van der Waals surface area (Å²) in [7, 11) is -3.87. The molecule has 1 unspecified atom stereocenters. The van der Waals surface area contributed by atoms with Crippen molar-refractivity contribution in [2.24, 2.45) is 5.14 Å². The van der Waals surface area contributed by atoms with E-state index in [1.54, 1.807) is 0 Å². The van der Waals surface area contributed by atoms with E-state index in [1.165, 1.54) is 48.5 Å². The molecule has 3 rings (SSSR count). The minimum Gasteiger partial charge on any atom is -0.478 e. The van der Waals surface area contributed by atoms with Gasteiger partial charge in [0.05, 0.1) is 17.0 Å². The Kier molecular flexibility index (Phi) is 7.50. The number of carbonyl (C=O) groups is 4. The molecule has 1 heterocycles. The first-order valence-electron chi connectivity index (χ1n) is 9.93. The maximum absolute atomic E-state index is 13.1. The first-order valence-corrected chi connectivity index (χ1v) is 11.9. The van der Waals surface area contributed by atoms with E-state index in [1.807, 2.05) is 0 Å². The Bertz CT molecular complexity index is 1260. The van der Waals surface area contributed by atoms with Crippen molar-refractivity contribution >= 4 is 51.0 Å². The van der Waals surface area contributed by atoms with Gasteiger partial charge in [-0.3, -0.25) is 14.4 Å². The summed E-state index contributed by atoms with van der Waals surface area (Å²) in [5, 5.41) is 14.4. The number of anilines is 1. The van der Waals surface area contributed by atoms with Gasteiger partial charge in [0.15, 0.2) is 0 Å². The van der Waals surface area contributed by atoms with Crippen LogP contribution >= 0.6 is 11.6 Å². The molecule has 1 aliphatic rings. The summed E-state index contributed by atoms with van der Waals surface area (Å²) in [6.07, 6.45) is 1.39. The van der Waals surface area contributed by atoms with Crippen LogP contribution in [0.25, 0.3) is 0 Å². The summed E-state index contributed by atoms with van der Waals surface area (Å²) in [6.45, 7) is -0.0321. The molecule has 10 nitrogen and oxygen atoms in total. The van der Waals surface area contributed by atoms with Crippen LogP contribution in [0.5, 0.6) is 0 Å². The molecule has 1 fully saturated rings. The zero-order valence-corrected chi connectivity index (χ0v) is 19.2. The highest BCUT2D eigenvalue weighted by Gasteiger charge is 2.43. The molecule has 0 saturated carbocycles. The predicted molar refractivity (Wildman–Crippen MR) is 122 cm³/mol. The van der Waals surface area contributed by atoms with Crippen LogP contribution in [0, 0.1) is 0 Å². The largest absolute Gasteiger partial charge is 0.478 e. The molecule has 0 spiro atoms. The second-order valence-corrected chi connectivity index (χ2v) is 9.40. The van der Waals surface area contributed by atoms with Gasteiger partial charge in [-0.2, -0.15) is 0 Å². The SMILES string of the molecule is NS(=O)(=O)c1ccc(CCN(C(=O)C=CC(=O)O)C2CC(=O)N(c3ccc(Cl)cc3)C2=O)cc1. The number of halogens is 1. The van der Waals surface area contributed by atoms with Crippen molar-refractivity contribution in [2.45, 2.75) is 23.8 Å². The average molecular weight is 506 g/mol. The highest BCUT2D eigenvalue weighted by molar-refractivity contribution is 7.89. The van der Waals surface area contributed by atoms with E-state index in [4.69, 9.17) is 21.8 Å². The molecule has 2 aromatic carbocycles. The summed E-state index contributed by atoms with van der Waals surface area (Å²) in [5.41, 5.74) is 0.938. The Labute approximate surface area is 200 Å². The zero-order chi connectivity index (χ0) is 25.0. The Balaban J connectivity index is 1.84. The molecule has 2 aromatic rings. The van der Waals surface area contributed by atoms with Gasteiger partial charge in [-0.1, -0.05) is 23.7 Å². The molecule has 0 aliphatic carbocycles. The molecule has 1 atom stereocenters. The normalized spacial score (nSPS) is 16.3. The van der Waals surface area contributed by atoms with Crippen molar-refractivity contribution in [1.29, 1.82) is 0 Å². The monoisotopic (exact) mass is 505 g/mol. The summed E-state index contributed by atoms with van der Waals surface area (Å²) in [6, 6.07) is 10.6. The number of carbonyl (C=O) groups excluding carboxylic acids is 3. The summed E-state index contributed by atoms with van der Waals surface area (Å²) < 4.78 is 22.8. The van der Waals surface area contributed by atoms with Crippen LogP contribution in [-0.2, 0) is 35.6 Å². The van der Waals surface area contributed by atoms with Crippen molar-refractivity contribution < 1.29 is 32.7 Å². The van der Waals surface area contributed by atoms with Gasteiger partial charge in [-0.15, -0.1) is 0 Å². The molecule has 0 bridgehead atoms. The average Bonchev–Trinajstić information content (AvgIpc) is 3.06. The van der Waals surface area contributed by atoms with E-state index < -0.39 is 39.8 Å². The number of hydrogen-bond acceptors (Lipinski definition) is 6. The summed E-state index contributed by atoms with van der Waals surface area (Å²) in [4.78, 5) is 51.4. The number of amides is 3. The Morgan fingerprint density at radius 3 is 2.26 bits per heavy atom. The van der Waals surface area contributed by atoms with Gasteiger partial charge in [-0.05, 0) is 48.4 Å². The first kappa shape index (κ1) is 25.1. The van der Waals surface area contributed by atoms with E-state index in [2.05, 4.69) is 0 Å². The minimum absolute atomic E-state index is 0.0321. The molecule has 1 aliphatic heterocycles. The van der Waals surface area contributed by atoms with E-state index in [9.17, 15) is 27.6 Å². The molecule has 3 N–H and O–H groups in total. The van der Waals surface area contributed by atoms with E-state index in [0.29, 0.717) is 22.3 Å². The molecule has 34 heavy (non-hydrogen) atoms. The smallest absolute Gasteiger partial charge is 0.328 e. The van der Waals surface area contributed by atoms with Gasteiger partial charge in [0.25, 0.3) is 5.91 Å². The van der Waals surface area contributed by atoms with Crippen LogP contribution in [0.2, 0.25) is 5.02 Å². The van der Waals surface area contributed by atoms with Gasteiger partial charge >= 0.3 is 5.97 Å². The lowest BCUT2D eigenvalue weighted by Crippen LogP contribution is -2.46. The lowest BCUT2D eigenvalue weighted by Gasteiger charge is -2.26. The highest BCUT2D eigenvalue weighted by Crippen LogP contribution is 2.27. The standard InChI is InChI=1S/C22H20ClN3O7S/c23-15-3-5-16(6-4-15)26-20(28)13-18(22(26)31)25(19(27)9-10-21(29)30)12-11-14-1-7-17(8-2-14)34(24,32)33/h1-10,18H,11-13H2,(H,29,30)(H2,24,32,33). The Morgan fingerprint density at radius 2 is 1.71 bits per heavy atom. The van der Waals surface area contributed by atoms with E-state index in [0.717, 1.165) is 15.9 Å². The second-order valence-electron chi connectivity index (χ2n) is 7.41. The molecule has 178 valence electrons. The fourth-order valence-corrected chi connectivity index (χ4v) is 4.12.